The lowest BCUT2D eigenvalue weighted by Crippen LogP contribution is -2.28. The molecule has 0 unspecified atom stereocenters. The third-order valence-electron chi connectivity index (χ3n) is 4.43. The molecule has 0 saturated carbocycles. The van der Waals surface area contributed by atoms with E-state index in [1.54, 1.807) is 73.9 Å². The maximum atomic E-state index is 12.9. The van der Waals surface area contributed by atoms with Crippen LogP contribution in [0.4, 0.5) is 0 Å². The van der Waals surface area contributed by atoms with Crippen molar-refractivity contribution in [2.45, 2.75) is 6.92 Å². The van der Waals surface area contributed by atoms with E-state index >= 15 is 0 Å². The number of para-hydroxylation sites is 1. The molecule has 0 aliphatic heterocycles. The van der Waals surface area contributed by atoms with Gasteiger partial charge in [0.05, 0.1) is 16.8 Å². The van der Waals surface area contributed by atoms with Gasteiger partial charge >= 0.3 is 0 Å². The lowest BCUT2D eigenvalue weighted by Gasteiger charge is -2.10. The molecule has 0 radical (unpaired) electrons. The predicted octanol–water partition coefficient (Wildman–Crippen LogP) is 2.93. The van der Waals surface area contributed by atoms with Gasteiger partial charge < -0.3 is 0 Å². The molecule has 7 nitrogen and oxygen atoms in total. The van der Waals surface area contributed by atoms with Crippen LogP contribution >= 0.6 is 0 Å². The van der Waals surface area contributed by atoms with E-state index in [0.29, 0.717) is 22.2 Å². The summed E-state index contributed by atoms with van der Waals surface area (Å²) in [7, 11) is 0. The summed E-state index contributed by atoms with van der Waals surface area (Å²) in [6.45, 7) is 1.77. The number of nitrogens with one attached hydrogen (secondary N) is 1. The van der Waals surface area contributed by atoms with E-state index in [-0.39, 0.29) is 11.3 Å². The number of aromatic nitrogens is 3. The minimum Gasteiger partial charge on any atom is -0.267 e. The third-order valence-corrected chi connectivity index (χ3v) is 4.43. The standard InChI is InChI=1S/C22H17N5O2/c1-15(16-8-7-13-23-14-16)24-25-21(28)20-18-11-5-6-12-19(18)22(29)27(26-20)17-9-3-2-4-10-17/h2-14H,1H3,(H,25,28)/b24-15-. The number of hydrogen-bond acceptors (Lipinski definition) is 5. The van der Waals surface area contributed by atoms with Gasteiger partial charge in [0.15, 0.2) is 5.69 Å². The van der Waals surface area contributed by atoms with Crippen LogP contribution in [-0.2, 0) is 0 Å². The smallest absolute Gasteiger partial charge is 0.267 e. The summed E-state index contributed by atoms with van der Waals surface area (Å²) in [5, 5.41) is 9.36. The molecule has 7 heteroatoms. The van der Waals surface area contributed by atoms with E-state index in [2.05, 4.69) is 20.6 Å². The van der Waals surface area contributed by atoms with E-state index in [1.165, 1.54) is 4.68 Å². The van der Waals surface area contributed by atoms with Crippen molar-refractivity contribution >= 4 is 22.4 Å². The van der Waals surface area contributed by atoms with Crippen LogP contribution in [0.3, 0.4) is 0 Å². The second kappa shape index (κ2) is 7.85. The highest BCUT2D eigenvalue weighted by Gasteiger charge is 2.17. The zero-order valence-electron chi connectivity index (χ0n) is 15.6. The first-order chi connectivity index (χ1) is 14.1. The lowest BCUT2D eigenvalue weighted by molar-refractivity contribution is 0.0950. The number of hydrogen-bond donors (Lipinski definition) is 1. The Kier molecular flexibility index (Phi) is 4.94. The van der Waals surface area contributed by atoms with Gasteiger partial charge in [0.1, 0.15) is 0 Å². The van der Waals surface area contributed by atoms with Crippen molar-refractivity contribution < 1.29 is 4.79 Å². The minimum atomic E-state index is -0.505. The van der Waals surface area contributed by atoms with Crippen molar-refractivity contribution in [2.75, 3.05) is 0 Å². The molecule has 4 aromatic rings. The van der Waals surface area contributed by atoms with E-state index in [4.69, 9.17) is 0 Å². The second-order valence-electron chi connectivity index (χ2n) is 6.33. The molecule has 0 fully saturated rings. The summed E-state index contributed by atoms with van der Waals surface area (Å²) in [5.74, 6) is -0.505. The number of benzene rings is 2. The van der Waals surface area contributed by atoms with Crippen LogP contribution in [-0.4, -0.2) is 26.4 Å². The molecule has 1 amide bonds. The van der Waals surface area contributed by atoms with Crippen LogP contribution in [0.25, 0.3) is 16.5 Å². The topological polar surface area (TPSA) is 89.2 Å². The van der Waals surface area contributed by atoms with Crippen molar-refractivity contribution in [2.24, 2.45) is 5.10 Å². The monoisotopic (exact) mass is 383 g/mol. The van der Waals surface area contributed by atoms with E-state index in [0.717, 1.165) is 5.56 Å². The van der Waals surface area contributed by atoms with Gasteiger partial charge in [-0.05, 0) is 31.2 Å². The van der Waals surface area contributed by atoms with E-state index in [1.807, 2.05) is 12.1 Å². The molecule has 29 heavy (non-hydrogen) atoms. The molecule has 0 aliphatic carbocycles. The molecule has 0 bridgehead atoms. The largest absolute Gasteiger partial charge is 0.292 e. The molecule has 0 saturated heterocycles. The average Bonchev–Trinajstić information content (AvgIpc) is 2.79. The Morgan fingerprint density at radius 1 is 0.966 bits per heavy atom. The van der Waals surface area contributed by atoms with Gasteiger partial charge in [-0.25, -0.2) is 5.43 Å². The summed E-state index contributed by atoms with van der Waals surface area (Å²) in [5.41, 5.74) is 4.33. The molecule has 1 N–H and O–H groups in total. The number of nitrogens with zero attached hydrogens (tertiary/aromatic N) is 4. The number of fused-ring (bicyclic) bond motifs is 1. The molecule has 142 valence electrons. The van der Waals surface area contributed by atoms with Crippen LogP contribution < -0.4 is 11.0 Å². The Bertz CT molecular complexity index is 1260. The Morgan fingerprint density at radius 2 is 1.69 bits per heavy atom. The van der Waals surface area contributed by atoms with Crippen molar-refractivity contribution in [1.82, 2.24) is 20.2 Å². The fraction of sp³-hybridized carbons (Fsp3) is 0.0455. The first kappa shape index (κ1) is 18.2. The zero-order valence-corrected chi connectivity index (χ0v) is 15.6. The molecular weight excluding hydrogens is 366 g/mol. The quantitative estimate of drug-likeness (QED) is 0.433. The minimum absolute atomic E-state index is 0.117. The maximum absolute atomic E-state index is 12.9. The number of carbonyl (C=O) groups is 1. The van der Waals surface area contributed by atoms with Gasteiger partial charge in [0, 0.05) is 23.3 Å². The molecule has 2 heterocycles. The molecule has 0 atom stereocenters. The second-order valence-corrected chi connectivity index (χ2v) is 6.33. The zero-order chi connectivity index (χ0) is 20.2. The van der Waals surface area contributed by atoms with E-state index < -0.39 is 5.91 Å². The van der Waals surface area contributed by atoms with Crippen LogP contribution in [0.2, 0.25) is 0 Å². The van der Waals surface area contributed by atoms with Crippen molar-refractivity contribution in [1.29, 1.82) is 0 Å². The number of rotatable bonds is 4. The summed E-state index contributed by atoms with van der Waals surface area (Å²) in [4.78, 5) is 29.8. The summed E-state index contributed by atoms with van der Waals surface area (Å²) >= 11 is 0. The molecule has 2 aromatic heterocycles. The van der Waals surface area contributed by atoms with Crippen LogP contribution in [0, 0.1) is 0 Å². The number of amides is 1. The van der Waals surface area contributed by atoms with Crippen molar-refractivity contribution in [3.63, 3.8) is 0 Å². The first-order valence-electron chi connectivity index (χ1n) is 8.97. The highest BCUT2D eigenvalue weighted by Crippen LogP contribution is 2.15. The third kappa shape index (κ3) is 3.66. The van der Waals surface area contributed by atoms with Gasteiger partial charge in [-0.15, -0.1) is 0 Å². The average molecular weight is 383 g/mol. The van der Waals surface area contributed by atoms with Gasteiger partial charge in [-0.2, -0.15) is 14.9 Å². The number of pyridine rings is 1. The van der Waals surface area contributed by atoms with Gasteiger partial charge in [-0.1, -0.05) is 42.5 Å². The normalized spacial score (nSPS) is 11.4. The Balaban J connectivity index is 1.78. The summed E-state index contributed by atoms with van der Waals surface area (Å²) < 4.78 is 1.23. The molecule has 0 aliphatic rings. The van der Waals surface area contributed by atoms with Crippen molar-refractivity contribution in [3.8, 4) is 5.69 Å². The molecule has 0 spiro atoms. The first-order valence-corrected chi connectivity index (χ1v) is 8.97. The highest BCUT2D eigenvalue weighted by molar-refractivity contribution is 6.06. The number of carbonyl (C=O) groups excluding carboxylic acids is 1. The predicted molar refractivity (Wildman–Crippen MR) is 111 cm³/mol. The Labute approximate surface area is 166 Å². The lowest BCUT2D eigenvalue weighted by atomic mass is 10.1. The van der Waals surface area contributed by atoms with Gasteiger partial charge in [0.25, 0.3) is 11.5 Å². The fourth-order valence-electron chi connectivity index (χ4n) is 2.93. The van der Waals surface area contributed by atoms with Gasteiger partial charge in [0.2, 0.25) is 0 Å². The fourth-order valence-corrected chi connectivity index (χ4v) is 2.93. The summed E-state index contributed by atoms with van der Waals surface area (Å²) in [6, 6.07) is 19.5. The Hall–Kier alpha value is -4.13. The SMILES string of the molecule is C/C(=N/NC(=O)c1nn(-c2ccccc2)c(=O)c2ccccc12)c1cccnc1. The van der Waals surface area contributed by atoms with Crippen LogP contribution in [0.15, 0.2) is 89.0 Å². The highest BCUT2D eigenvalue weighted by atomic mass is 16.2. The Morgan fingerprint density at radius 3 is 2.41 bits per heavy atom. The van der Waals surface area contributed by atoms with Crippen molar-refractivity contribution in [3.05, 3.63) is 101 Å². The molecule has 2 aromatic carbocycles. The summed E-state index contributed by atoms with van der Waals surface area (Å²) in [6.07, 6.45) is 3.33. The van der Waals surface area contributed by atoms with Crippen LogP contribution in [0.1, 0.15) is 23.0 Å². The van der Waals surface area contributed by atoms with Gasteiger partial charge in [-0.3, -0.25) is 14.6 Å². The molecule has 4 rings (SSSR count). The maximum Gasteiger partial charge on any atom is 0.292 e. The van der Waals surface area contributed by atoms with Crippen LogP contribution in [0.5, 0.6) is 0 Å². The van der Waals surface area contributed by atoms with E-state index in [9.17, 15) is 9.59 Å². The number of hydrazone groups is 1. The molecular formula is C22H17N5O2.